The van der Waals surface area contributed by atoms with Gasteiger partial charge in [-0.05, 0) is 35.3 Å². The average Bonchev–Trinajstić information content (AvgIpc) is 3.19. The Labute approximate surface area is 143 Å². The smallest absolute Gasteiger partial charge is 0.423 e. The molecule has 3 heterocycles. The second-order valence-electron chi connectivity index (χ2n) is 5.66. The van der Waals surface area contributed by atoms with Crippen LogP contribution in [0.1, 0.15) is 16.2 Å². The molecule has 0 unspecified atom stereocenters. The Hall–Kier alpha value is -3.04. The highest BCUT2D eigenvalue weighted by Gasteiger charge is 2.27. The molecule has 1 aromatic carbocycles. The number of carbonyl (C=O) groups excluding carboxylic acids is 1. The van der Waals surface area contributed by atoms with Gasteiger partial charge in [-0.2, -0.15) is 0 Å². The van der Waals surface area contributed by atoms with Crippen LogP contribution in [0.2, 0.25) is 0 Å². The number of benzene rings is 1. The molecule has 4 rings (SSSR count). The first-order valence-corrected chi connectivity index (χ1v) is 7.67. The number of rotatable bonds is 3. The maximum Gasteiger partial charge on any atom is 0.491 e. The van der Waals surface area contributed by atoms with Crippen molar-refractivity contribution in [2.24, 2.45) is 7.05 Å². The van der Waals surface area contributed by atoms with E-state index >= 15 is 0 Å². The third-order valence-electron chi connectivity index (χ3n) is 3.95. The Bertz CT molecular complexity index is 944. The van der Waals surface area contributed by atoms with Gasteiger partial charge in [0.2, 0.25) is 5.82 Å². The van der Waals surface area contributed by atoms with Gasteiger partial charge < -0.3 is 15.0 Å². The molecule has 9 heteroatoms. The minimum absolute atomic E-state index is 0.0543. The number of anilines is 1. The van der Waals surface area contributed by atoms with Crippen molar-refractivity contribution >= 4 is 24.2 Å². The summed E-state index contributed by atoms with van der Waals surface area (Å²) in [6.07, 6.45) is 3.33. The van der Waals surface area contributed by atoms with Gasteiger partial charge in [-0.15, -0.1) is 5.10 Å². The first-order chi connectivity index (χ1) is 12.1. The van der Waals surface area contributed by atoms with Gasteiger partial charge in [-0.1, -0.05) is 6.07 Å². The van der Waals surface area contributed by atoms with Gasteiger partial charge in [0.1, 0.15) is 0 Å². The summed E-state index contributed by atoms with van der Waals surface area (Å²) < 4.78 is 6.68. The first-order valence-electron chi connectivity index (χ1n) is 7.67. The molecule has 0 aliphatic carbocycles. The molecule has 0 spiro atoms. The van der Waals surface area contributed by atoms with Crippen molar-refractivity contribution < 1.29 is 14.5 Å². The van der Waals surface area contributed by atoms with E-state index in [1.165, 1.54) is 4.68 Å². The lowest BCUT2D eigenvalue weighted by atomic mass is 9.79. The fourth-order valence-corrected chi connectivity index (χ4v) is 2.71. The monoisotopic (exact) mass is 335 g/mol. The van der Waals surface area contributed by atoms with Gasteiger partial charge in [0.15, 0.2) is 5.82 Å². The molecule has 0 saturated carbocycles. The second kappa shape index (κ2) is 6.12. The van der Waals surface area contributed by atoms with Crippen molar-refractivity contribution in [3.63, 3.8) is 0 Å². The quantitative estimate of drug-likeness (QED) is 0.670. The van der Waals surface area contributed by atoms with E-state index in [-0.39, 0.29) is 5.82 Å². The molecule has 0 atom stereocenters. The minimum Gasteiger partial charge on any atom is -0.423 e. The van der Waals surface area contributed by atoms with Crippen LogP contribution in [0.4, 0.5) is 5.69 Å². The molecule has 124 valence electrons. The van der Waals surface area contributed by atoms with E-state index in [9.17, 15) is 9.82 Å². The number of pyridine rings is 1. The highest BCUT2D eigenvalue weighted by atomic mass is 16.5. The number of aromatic nitrogens is 4. The molecule has 1 aliphatic heterocycles. The van der Waals surface area contributed by atoms with Crippen molar-refractivity contribution in [3.8, 4) is 11.4 Å². The molecular formula is C16H14BN5O3. The molecule has 0 bridgehead atoms. The van der Waals surface area contributed by atoms with Crippen LogP contribution in [0.15, 0.2) is 42.7 Å². The molecule has 2 N–H and O–H groups in total. The van der Waals surface area contributed by atoms with E-state index < -0.39 is 13.0 Å². The molecule has 25 heavy (non-hydrogen) atoms. The summed E-state index contributed by atoms with van der Waals surface area (Å²) in [6.45, 7) is 0.362. The molecule has 2 aromatic heterocycles. The van der Waals surface area contributed by atoms with Crippen LogP contribution >= 0.6 is 0 Å². The second-order valence-corrected chi connectivity index (χ2v) is 5.66. The number of nitrogens with one attached hydrogen (secondary N) is 1. The third-order valence-corrected chi connectivity index (χ3v) is 3.95. The summed E-state index contributed by atoms with van der Waals surface area (Å²) >= 11 is 0. The van der Waals surface area contributed by atoms with Gasteiger partial charge in [0.05, 0.1) is 6.61 Å². The van der Waals surface area contributed by atoms with Crippen molar-refractivity contribution in [3.05, 3.63) is 54.1 Å². The topological polar surface area (TPSA) is 102 Å². The zero-order valence-corrected chi connectivity index (χ0v) is 13.4. The van der Waals surface area contributed by atoms with E-state index in [4.69, 9.17) is 4.65 Å². The molecule has 0 saturated heterocycles. The third kappa shape index (κ3) is 2.90. The molecule has 3 aromatic rings. The van der Waals surface area contributed by atoms with Crippen LogP contribution < -0.4 is 10.8 Å². The average molecular weight is 335 g/mol. The van der Waals surface area contributed by atoms with Crippen LogP contribution in [0.25, 0.3) is 11.4 Å². The SMILES string of the molecule is Cn1nc(C(=O)Nc2ccc3c(c2)B(O)OC3)nc1-c1cccnc1. The number of carbonyl (C=O) groups is 1. The highest BCUT2D eigenvalue weighted by molar-refractivity contribution is 6.61. The predicted octanol–water partition coefficient (Wildman–Crippen LogP) is 0.347. The number of hydrogen-bond donors (Lipinski definition) is 2. The summed E-state index contributed by atoms with van der Waals surface area (Å²) in [6, 6.07) is 8.90. The Balaban J connectivity index is 1.57. The molecule has 0 fully saturated rings. The molecule has 1 aliphatic rings. The zero-order chi connectivity index (χ0) is 17.4. The summed E-state index contributed by atoms with van der Waals surface area (Å²) in [7, 11) is 0.756. The summed E-state index contributed by atoms with van der Waals surface area (Å²) in [4.78, 5) is 20.8. The van der Waals surface area contributed by atoms with Gasteiger partial charge in [-0.25, -0.2) is 9.67 Å². The van der Waals surface area contributed by atoms with Crippen molar-refractivity contribution in [2.45, 2.75) is 6.61 Å². The summed E-state index contributed by atoms with van der Waals surface area (Å²) in [5, 5.41) is 16.7. The van der Waals surface area contributed by atoms with Gasteiger partial charge in [0, 0.05) is 30.7 Å². The van der Waals surface area contributed by atoms with E-state index in [0.29, 0.717) is 23.6 Å². The zero-order valence-electron chi connectivity index (χ0n) is 13.4. The van der Waals surface area contributed by atoms with E-state index in [2.05, 4.69) is 20.4 Å². The van der Waals surface area contributed by atoms with Gasteiger partial charge in [-0.3, -0.25) is 9.78 Å². The van der Waals surface area contributed by atoms with Crippen LogP contribution in [-0.2, 0) is 18.3 Å². The molecule has 0 radical (unpaired) electrons. The standard InChI is InChI=1S/C16H14BN5O3/c1-22-15(10-3-2-6-18-8-10)20-14(21-22)16(23)19-12-5-4-11-9-25-17(24)13(11)7-12/h2-8,24H,9H2,1H3,(H,19,23). The number of fused-ring (bicyclic) bond motifs is 1. The van der Waals surface area contributed by atoms with Gasteiger partial charge in [0.25, 0.3) is 5.91 Å². The molecule has 1 amide bonds. The summed E-state index contributed by atoms with van der Waals surface area (Å²) in [5.41, 5.74) is 2.88. The lowest BCUT2D eigenvalue weighted by Crippen LogP contribution is -2.28. The Morgan fingerprint density at radius 3 is 3.08 bits per heavy atom. The Morgan fingerprint density at radius 1 is 1.40 bits per heavy atom. The Kier molecular flexibility index (Phi) is 3.79. The van der Waals surface area contributed by atoms with Gasteiger partial charge >= 0.3 is 7.12 Å². The van der Waals surface area contributed by atoms with E-state index in [1.807, 2.05) is 12.1 Å². The number of amides is 1. The lowest BCUT2D eigenvalue weighted by Gasteiger charge is -2.05. The number of hydrogen-bond acceptors (Lipinski definition) is 6. The maximum atomic E-state index is 12.4. The van der Waals surface area contributed by atoms with Crippen molar-refractivity contribution in [2.75, 3.05) is 5.32 Å². The number of nitrogens with zero attached hydrogens (tertiary/aromatic N) is 4. The molecule has 8 nitrogen and oxygen atoms in total. The van der Waals surface area contributed by atoms with Crippen molar-refractivity contribution in [1.29, 1.82) is 0 Å². The fraction of sp³-hybridized carbons (Fsp3) is 0.125. The van der Waals surface area contributed by atoms with Crippen LogP contribution in [0, 0.1) is 0 Å². The minimum atomic E-state index is -0.961. The highest BCUT2D eigenvalue weighted by Crippen LogP contribution is 2.17. The maximum absolute atomic E-state index is 12.4. The number of aryl methyl sites for hydroxylation is 1. The van der Waals surface area contributed by atoms with E-state index in [0.717, 1.165) is 11.1 Å². The Morgan fingerprint density at radius 2 is 2.28 bits per heavy atom. The summed E-state index contributed by atoms with van der Waals surface area (Å²) in [5.74, 6) is 0.175. The first kappa shape index (κ1) is 15.5. The molecular weight excluding hydrogens is 321 g/mol. The normalized spacial score (nSPS) is 13.0. The fourth-order valence-electron chi connectivity index (χ4n) is 2.71. The lowest BCUT2D eigenvalue weighted by molar-refractivity contribution is 0.101. The van der Waals surface area contributed by atoms with Crippen molar-refractivity contribution in [1.82, 2.24) is 19.7 Å². The van der Waals surface area contributed by atoms with Crippen LogP contribution in [0.3, 0.4) is 0 Å². The largest absolute Gasteiger partial charge is 0.491 e. The van der Waals surface area contributed by atoms with Crippen LogP contribution in [-0.4, -0.2) is 37.8 Å². The van der Waals surface area contributed by atoms with Crippen LogP contribution in [0.5, 0.6) is 0 Å². The predicted molar refractivity (Wildman–Crippen MR) is 91.0 cm³/mol. The van der Waals surface area contributed by atoms with E-state index in [1.54, 1.807) is 37.6 Å².